The van der Waals surface area contributed by atoms with Gasteiger partial charge in [-0.2, -0.15) is 0 Å². The fourth-order valence-corrected chi connectivity index (χ4v) is 3.07. The first-order valence-electron chi connectivity index (χ1n) is 7.43. The van der Waals surface area contributed by atoms with Crippen LogP contribution < -0.4 is 5.32 Å². The number of nitrogens with one attached hydrogen (secondary N) is 1. The van der Waals surface area contributed by atoms with Gasteiger partial charge < -0.3 is 15.1 Å². The van der Waals surface area contributed by atoms with Crippen molar-refractivity contribution in [2.24, 2.45) is 5.92 Å². The van der Waals surface area contributed by atoms with Crippen molar-refractivity contribution in [2.45, 2.75) is 32.1 Å². The molecule has 1 N–H and O–H groups in total. The van der Waals surface area contributed by atoms with Crippen LogP contribution in [0.25, 0.3) is 0 Å². The van der Waals surface area contributed by atoms with Gasteiger partial charge in [0.1, 0.15) is 0 Å². The predicted octanol–water partition coefficient (Wildman–Crippen LogP) is 0.930. The summed E-state index contributed by atoms with van der Waals surface area (Å²) in [6.07, 6.45) is 5.69. The highest BCUT2D eigenvalue weighted by atomic mass is 16.2. The Labute approximate surface area is 111 Å². The van der Waals surface area contributed by atoms with E-state index < -0.39 is 0 Å². The number of likely N-dealkylation sites (tertiary alicyclic amines) is 2. The Hall–Kier alpha value is -0.610. The van der Waals surface area contributed by atoms with Gasteiger partial charge in [0.05, 0.1) is 0 Å². The minimum atomic E-state index is 0.334. The molecule has 2 rings (SSSR count). The van der Waals surface area contributed by atoms with Crippen LogP contribution in [0.15, 0.2) is 0 Å². The quantitative estimate of drug-likeness (QED) is 0.740. The Bertz CT molecular complexity index is 264. The normalized spacial score (nSPS) is 25.6. The Morgan fingerprint density at radius 2 is 2.00 bits per heavy atom. The zero-order valence-electron chi connectivity index (χ0n) is 11.7. The molecule has 2 heterocycles. The van der Waals surface area contributed by atoms with Gasteiger partial charge in [0.15, 0.2) is 0 Å². The molecule has 0 aromatic carbocycles. The number of carbonyl (C=O) groups is 1. The van der Waals surface area contributed by atoms with E-state index in [-0.39, 0.29) is 0 Å². The lowest BCUT2D eigenvalue weighted by Crippen LogP contribution is -2.38. The molecule has 4 heteroatoms. The first-order chi connectivity index (χ1) is 8.75. The number of piperidine rings is 1. The summed E-state index contributed by atoms with van der Waals surface area (Å²) in [6.45, 7) is 6.31. The van der Waals surface area contributed by atoms with Gasteiger partial charge >= 0.3 is 0 Å². The summed E-state index contributed by atoms with van der Waals surface area (Å²) >= 11 is 0. The van der Waals surface area contributed by atoms with E-state index in [1.54, 1.807) is 0 Å². The molecule has 0 aromatic heterocycles. The van der Waals surface area contributed by atoms with Gasteiger partial charge in [0, 0.05) is 32.6 Å². The molecular weight excluding hydrogens is 226 g/mol. The van der Waals surface area contributed by atoms with Crippen LogP contribution in [-0.2, 0) is 4.79 Å². The summed E-state index contributed by atoms with van der Waals surface area (Å²) in [5, 5.41) is 3.46. The average molecular weight is 253 g/mol. The minimum Gasteiger partial charge on any atom is -0.343 e. The summed E-state index contributed by atoms with van der Waals surface area (Å²) in [5.74, 6) is 1.10. The zero-order valence-corrected chi connectivity index (χ0v) is 11.7. The van der Waals surface area contributed by atoms with Crippen molar-refractivity contribution in [3.8, 4) is 0 Å². The van der Waals surface area contributed by atoms with Gasteiger partial charge in [0.25, 0.3) is 0 Å². The molecule has 0 aromatic rings. The maximum atomic E-state index is 11.8. The molecule has 2 fully saturated rings. The molecule has 104 valence electrons. The van der Waals surface area contributed by atoms with E-state index >= 15 is 0 Å². The van der Waals surface area contributed by atoms with Crippen molar-refractivity contribution >= 4 is 5.91 Å². The molecule has 0 bridgehead atoms. The van der Waals surface area contributed by atoms with E-state index in [1.807, 2.05) is 4.90 Å². The average Bonchev–Trinajstić information content (AvgIpc) is 2.88. The van der Waals surface area contributed by atoms with Crippen LogP contribution in [0.2, 0.25) is 0 Å². The van der Waals surface area contributed by atoms with E-state index in [0.29, 0.717) is 12.3 Å². The third kappa shape index (κ3) is 4.25. The molecule has 2 aliphatic heterocycles. The van der Waals surface area contributed by atoms with Crippen molar-refractivity contribution in [3.05, 3.63) is 0 Å². The molecule has 1 amide bonds. The third-order valence-corrected chi connectivity index (χ3v) is 4.13. The molecule has 0 saturated carbocycles. The highest BCUT2D eigenvalue weighted by Gasteiger charge is 2.18. The fourth-order valence-electron chi connectivity index (χ4n) is 3.07. The van der Waals surface area contributed by atoms with Crippen molar-refractivity contribution in [1.82, 2.24) is 15.1 Å². The van der Waals surface area contributed by atoms with Crippen molar-refractivity contribution in [1.29, 1.82) is 0 Å². The Morgan fingerprint density at radius 3 is 2.72 bits per heavy atom. The van der Waals surface area contributed by atoms with Gasteiger partial charge in [-0.3, -0.25) is 4.79 Å². The van der Waals surface area contributed by atoms with Gasteiger partial charge in [-0.15, -0.1) is 0 Å². The first-order valence-corrected chi connectivity index (χ1v) is 7.43. The lowest BCUT2D eigenvalue weighted by molar-refractivity contribution is -0.130. The number of nitrogens with zero attached hydrogens (tertiary/aromatic N) is 2. The van der Waals surface area contributed by atoms with Crippen molar-refractivity contribution in [2.75, 3.05) is 46.3 Å². The summed E-state index contributed by atoms with van der Waals surface area (Å²) in [4.78, 5) is 16.2. The van der Waals surface area contributed by atoms with Crippen LogP contribution in [0.4, 0.5) is 0 Å². The highest BCUT2D eigenvalue weighted by molar-refractivity contribution is 5.76. The Balaban J connectivity index is 1.53. The molecule has 4 nitrogen and oxygen atoms in total. The van der Waals surface area contributed by atoms with Gasteiger partial charge in [-0.25, -0.2) is 0 Å². The number of hydrogen-bond acceptors (Lipinski definition) is 3. The van der Waals surface area contributed by atoms with Gasteiger partial charge in [0.2, 0.25) is 5.91 Å². The maximum Gasteiger partial charge on any atom is 0.223 e. The van der Waals surface area contributed by atoms with E-state index in [1.165, 1.54) is 38.8 Å². The Morgan fingerprint density at radius 1 is 1.22 bits per heavy atom. The molecule has 0 aliphatic carbocycles. The van der Waals surface area contributed by atoms with Crippen LogP contribution in [0, 0.1) is 5.92 Å². The lowest BCUT2D eigenvalue weighted by Gasteiger charge is -2.29. The molecule has 2 aliphatic rings. The number of rotatable bonds is 5. The summed E-state index contributed by atoms with van der Waals surface area (Å²) < 4.78 is 0. The van der Waals surface area contributed by atoms with E-state index in [2.05, 4.69) is 17.3 Å². The number of amides is 1. The molecule has 1 atom stereocenters. The largest absolute Gasteiger partial charge is 0.343 e. The Kier molecular flexibility index (Phi) is 5.45. The number of hydrogen-bond donors (Lipinski definition) is 1. The molecule has 18 heavy (non-hydrogen) atoms. The highest BCUT2D eigenvalue weighted by Crippen LogP contribution is 2.14. The zero-order chi connectivity index (χ0) is 12.8. The smallest absolute Gasteiger partial charge is 0.223 e. The predicted molar refractivity (Wildman–Crippen MR) is 73.5 cm³/mol. The van der Waals surface area contributed by atoms with Crippen LogP contribution in [0.3, 0.4) is 0 Å². The summed E-state index contributed by atoms with van der Waals surface area (Å²) in [6, 6.07) is 0. The summed E-state index contributed by atoms with van der Waals surface area (Å²) in [7, 11) is 2.20. The second-order valence-electron chi connectivity index (χ2n) is 5.81. The standard InChI is InChI=1S/C14H27N3O/c1-16-8-4-5-13(12-16)11-15-7-6-14(18)17-9-2-3-10-17/h13,15H,2-12H2,1H3. The van der Waals surface area contributed by atoms with E-state index in [0.717, 1.165) is 32.1 Å². The maximum absolute atomic E-state index is 11.8. The van der Waals surface area contributed by atoms with Gasteiger partial charge in [-0.05, 0) is 51.7 Å². The second-order valence-corrected chi connectivity index (χ2v) is 5.81. The van der Waals surface area contributed by atoms with Gasteiger partial charge in [-0.1, -0.05) is 0 Å². The molecular formula is C14H27N3O. The first kappa shape index (κ1) is 13.8. The van der Waals surface area contributed by atoms with Crippen LogP contribution in [-0.4, -0.2) is 62.0 Å². The monoisotopic (exact) mass is 253 g/mol. The SMILES string of the molecule is CN1CCCC(CNCCC(=O)N2CCCC2)C1. The molecule has 2 saturated heterocycles. The topological polar surface area (TPSA) is 35.6 Å². The van der Waals surface area contributed by atoms with E-state index in [4.69, 9.17) is 0 Å². The van der Waals surface area contributed by atoms with Crippen molar-refractivity contribution in [3.63, 3.8) is 0 Å². The van der Waals surface area contributed by atoms with E-state index in [9.17, 15) is 4.79 Å². The third-order valence-electron chi connectivity index (χ3n) is 4.13. The molecule has 0 spiro atoms. The lowest BCUT2D eigenvalue weighted by atomic mass is 9.98. The summed E-state index contributed by atoms with van der Waals surface area (Å²) in [5.41, 5.74) is 0. The molecule has 1 unspecified atom stereocenters. The molecule has 0 radical (unpaired) electrons. The fraction of sp³-hybridized carbons (Fsp3) is 0.929. The number of carbonyl (C=O) groups excluding carboxylic acids is 1. The van der Waals surface area contributed by atoms with Crippen molar-refractivity contribution < 1.29 is 4.79 Å². The minimum absolute atomic E-state index is 0.334. The second kappa shape index (κ2) is 7.10. The van der Waals surface area contributed by atoms with Crippen LogP contribution in [0.1, 0.15) is 32.1 Å². The van der Waals surface area contributed by atoms with Crippen LogP contribution >= 0.6 is 0 Å². The van der Waals surface area contributed by atoms with Crippen LogP contribution in [0.5, 0.6) is 0 Å².